The Balaban J connectivity index is 1.37. The lowest BCUT2D eigenvalue weighted by Crippen LogP contribution is -2.48. The molecule has 0 radical (unpaired) electrons. The number of piperazine rings is 1. The SMILES string of the molecule is COc1cccc(CNC(=O)c2cccc(S(=O)(=O)N3CCN(Cc4ccccc4)CC3)c2)c1. The zero-order chi connectivity index (χ0) is 24.0. The van der Waals surface area contributed by atoms with E-state index in [2.05, 4.69) is 22.3 Å². The Kier molecular flexibility index (Phi) is 7.62. The van der Waals surface area contributed by atoms with Gasteiger partial charge in [-0.3, -0.25) is 9.69 Å². The normalized spacial score (nSPS) is 15.1. The van der Waals surface area contributed by atoms with Gasteiger partial charge in [0.05, 0.1) is 12.0 Å². The van der Waals surface area contributed by atoms with Crippen molar-refractivity contribution in [2.24, 2.45) is 0 Å². The molecule has 0 unspecified atom stereocenters. The van der Waals surface area contributed by atoms with Gasteiger partial charge in [0.2, 0.25) is 10.0 Å². The first kappa shape index (κ1) is 23.9. The fraction of sp³-hybridized carbons (Fsp3) is 0.269. The Morgan fingerprint density at radius 2 is 1.59 bits per heavy atom. The first-order valence-corrected chi connectivity index (χ1v) is 12.7. The highest BCUT2D eigenvalue weighted by molar-refractivity contribution is 7.89. The summed E-state index contributed by atoms with van der Waals surface area (Å²) in [5.41, 5.74) is 2.42. The van der Waals surface area contributed by atoms with Gasteiger partial charge in [-0.15, -0.1) is 0 Å². The third kappa shape index (κ3) is 5.83. The molecule has 0 spiro atoms. The maximum atomic E-state index is 13.2. The van der Waals surface area contributed by atoms with Crippen molar-refractivity contribution in [2.75, 3.05) is 33.3 Å². The maximum Gasteiger partial charge on any atom is 0.251 e. The first-order valence-electron chi connectivity index (χ1n) is 11.2. The van der Waals surface area contributed by atoms with Crippen LogP contribution in [-0.2, 0) is 23.1 Å². The molecule has 1 N–H and O–H groups in total. The molecule has 0 aliphatic carbocycles. The van der Waals surface area contributed by atoms with E-state index in [4.69, 9.17) is 4.74 Å². The van der Waals surface area contributed by atoms with Gasteiger partial charge >= 0.3 is 0 Å². The van der Waals surface area contributed by atoms with Crippen LogP contribution in [0.25, 0.3) is 0 Å². The average molecular weight is 480 g/mol. The Morgan fingerprint density at radius 3 is 2.32 bits per heavy atom. The lowest BCUT2D eigenvalue weighted by Gasteiger charge is -2.34. The van der Waals surface area contributed by atoms with Gasteiger partial charge in [0.15, 0.2) is 0 Å². The van der Waals surface area contributed by atoms with Gasteiger partial charge in [0, 0.05) is 44.8 Å². The van der Waals surface area contributed by atoms with Crippen LogP contribution in [0, 0.1) is 0 Å². The molecule has 0 saturated carbocycles. The molecule has 8 heteroatoms. The number of nitrogens with one attached hydrogen (secondary N) is 1. The molecule has 1 heterocycles. The summed E-state index contributed by atoms with van der Waals surface area (Å²) in [6.45, 7) is 3.28. The molecular formula is C26H29N3O4S. The van der Waals surface area contributed by atoms with Crippen LogP contribution in [0.4, 0.5) is 0 Å². The van der Waals surface area contributed by atoms with Crippen molar-refractivity contribution in [3.05, 3.63) is 95.6 Å². The highest BCUT2D eigenvalue weighted by atomic mass is 32.2. The van der Waals surface area contributed by atoms with Gasteiger partial charge in [0.25, 0.3) is 5.91 Å². The standard InChI is InChI=1S/C26H29N3O4S/c1-33-24-11-5-9-22(17-24)19-27-26(30)23-10-6-12-25(18-23)34(31,32)29-15-13-28(14-16-29)20-21-7-3-2-4-8-21/h2-12,17-18H,13-16,19-20H2,1H3,(H,27,30). The summed E-state index contributed by atoms with van der Waals surface area (Å²) in [6, 6.07) is 23.8. The van der Waals surface area contributed by atoms with Crippen LogP contribution >= 0.6 is 0 Å². The van der Waals surface area contributed by atoms with E-state index in [9.17, 15) is 13.2 Å². The molecule has 1 aliphatic rings. The van der Waals surface area contributed by atoms with Crippen LogP contribution in [-0.4, -0.2) is 56.8 Å². The Labute approximate surface area is 201 Å². The van der Waals surface area contributed by atoms with E-state index >= 15 is 0 Å². The number of sulfonamides is 1. The van der Waals surface area contributed by atoms with Crippen LogP contribution in [0.2, 0.25) is 0 Å². The van der Waals surface area contributed by atoms with E-state index in [0.717, 1.165) is 12.1 Å². The van der Waals surface area contributed by atoms with Crippen LogP contribution in [0.5, 0.6) is 5.75 Å². The van der Waals surface area contributed by atoms with E-state index in [1.54, 1.807) is 25.3 Å². The summed E-state index contributed by atoms with van der Waals surface area (Å²) in [6.07, 6.45) is 0. The summed E-state index contributed by atoms with van der Waals surface area (Å²) >= 11 is 0. The Bertz CT molecular complexity index is 1220. The van der Waals surface area contributed by atoms with Crippen molar-refractivity contribution in [1.29, 1.82) is 0 Å². The molecular weight excluding hydrogens is 450 g/mol. The van der Waals surface area contributed by atoms with Gasteiger partial charge in [-0.2, -0.15) is 4.31 Å². The van der Waals surface area contributed by atoms with E-state index in [-0.39, 0.29) is 10.8 Å². The molecule has 3 aromatic rings. The summed E-state index contributed by atoms with van der Waals surface area (Å²) in [7, 11) is -2.09. The second-order valence-corrected chi connectivity index (χ2v) is 10.2. The zero-order valence-electron chi connectivity index (χ0n) is 19.2. The number of hydrogen-bond acceptors (Lipinski definition) is 5. The number of rotatable bonds is 8. The quantitative estimate of drug-likeness (QED) is 0.537. The smallest absolute Gasteiger partial charge is 0.251 e. The van der Waals surface area contributed by atoms with Crippen molar-refractivity contribution in [1.82, 2.24) is 14.5 Å². The first-order chi connectivity index (χ1) is 16.5. The second-order valence-electron chi connectivity index (χ2n) is 8.23. The molecule has 7 nitrogen and oxygen atoms in total. The third-order valence-corrected chi connectivity index (χ3v) is 7.80. The van der Waals surface area contributed by atoms with Crippen molar-refractivity contribution in [3.63, 3.8) is 0 Å². The number of carbonyl (C=O) groups excluding carboxylic acids is 1. The summed E-state index contributed by atoms with van der Waals surface area (Å²) in [5, 5.41) is 2.84. The molecule has 1 aliphatic heterocycles. The lowest BCUT2D eigenvalue weighted by molar-refractivity contribution is 0.0950. The summed E-state index contributed by atoms with van der Waals surface area (Å²) < 4.78 is 33.2. The number of benzene rings is 3. The number of ether oxygens (including phenoxy) is 1. The van der Waals surface area contributed by atoms with Crippen LogP contribution in [0.1, 0.15) is 21.5 Å². The van der Waals surface area contributed by atoms with Gasteiger partial charge < -0.3 is 10.1 Å². The summed E-state index contributed by atoms with van der Waals surface area (Å²) in [4.78, 5) is 15.1. The van der Waals surface area contributed by atoms with Gasteiger partial charge in [-0.05, 0) is 41.5 Å². The predicted molar refractivity (Wildman–Crippen MR) is 131 cm³/mol. The fourth-order valence-corrected chi connectivity index (χ4v) is 5.45. The molecule has 1 amide bonds. The molecule has 3 aromatic carbocycles. The molecule has 34 heavy (non-hydrogen) atoms. The Hall–Kier alpha value is -3.20. The number of amides is 1. The minimum absolute atomic E-state index is 0.137. The summed E-state index contributed by atoms with van der Waals surface area (Å²) in [5.74, 6) is 0.385. The molecule has 0 atom stereocenters. The van der Waals surface area contributed by atoms with Gasteiger partial charge in [-0.25, -0.2) is 8.42 Å². The second kappa shape index (κ2) is 10.8. The van der Waals surface area contributed by atoms with Crippen molar-refractivity contribution in [2.45, 2.75) is 18.0 Å². The molecule has 178 valence electrons. The van der Waals surface area contributed by atoms with E-state index < -0.39 is 10.0 Å². The highest BCUT2D eigenvalue weighted by Gasteiger charge is 2.29. The van der Waals surface area contributed by atoms with E-state index in [1.165, 1.54) is 15.9 Å². The molecule has 1 fully saturated rings. The third-order valence-electron chi connectivity index (χ3n) is 5.90. The molecule has 0 aromatic heterocycles. The zero-order valence-corrected chi connectivity index (χ0v) is 20.0. The maximum absolute atomic E-state index is 13.2. The highest BCUT2D eigenvalue weighted by Crippen LogP contribution is 2.20. The van der Waals surface area contributed by atoms with E-state index in [1.807, 2.05) is 42.5 Å². The average Bonchev–Trinajstić information content (AvgIpc) is 2.88. The molecule has 4 rings (SSSR count). The van der Waals surface area contributed by atoms with Crippen LogP contribution < -0.4 is 10.1 Å². The topological polar surface area (TPSA) is 78.9 Å². The Morgan fingerprint density at radius 1 is 0.882 bits per heavy atom. The van der Waals surface area contributed by atoms with Crippen molar-refractivity contribution in [3.8, 4) is 5.75 Å². The van der Waals surface area contributed by atoms with Crippen molar-refractivity contribution < 1.29 is 17.9 Å². The molecule has 0 bridgehead atoms. The van der Waals surface area contributed by atoms with Crippen LogP contribution in [0.3, 0.4) is 0 Å². The monoisotopic (exact) mass is 479 g/mol. The number of methoxy groups -OCH3 is 1. The fourth-order valence-electron chi connectivity index (χ4n) is 3.98. The van der Waals surface area contributed by atoms with E-state index in [0.29, 0.717) is 44.0 Å². The minimum atomic E-state index is -3.68. The van der Waals surface area contributed by atoms with Gasteiger partial charge in [-0.1, -0.05) is 48.5 Å². The molecule has 1 saturated heterocycles. The predicted octanol–water partition coefficient (Wildman–Crippen LogP) is 3.13. The van der Waals surface area contributed by atoms with Crippen molar-refractivity contribution >= 4 is 15.9 Å². The largest absolute Gasteiger partial charge is 0.497 e. The number of hydrogen-bond donors (Lipinski definition) is 1. The lowest BCUT2D eigenvalue weighted by atomic mass is 10.2. The van der Waals surface area contributed by atoms with Crippen LogP contribution in [0.15, 0.2) is 83.8 Å². The number of nitrogens with zero attached hydrogens (tertiary/aromatic N) is 2. The van der Waals surface area contributed by atoms with Gasteiger partial charge in [0.1, 0.15) is 5.75 Å². The number of carbonyl (C=O) groups is 1. The minimum Gasteiger partial charge on any atom is -0.497 e.